The molecule has 10 nitrogen and oxygen atoms in total. The first-order valence-corrected chi connectivity index (χ1v) is 17.3. The predicted octanol–water partition coefficient (Wildman–Crippen LogP) is 6.30. The van der Waals surface area contributed by atoms with Crippen molar-refractivity contribution >= 4 is 23.0 Å². The molecule has 0 aliphatic carbocycles. The van der Waals surface area contributed by atoms with Crippen LogP contribution in [-0.2, 0) is 35.0 Å². The Kier molecular flexibility index (Phi) is 18.4. The van der Waals surface area contributed by atoms with Crippen LogP contribution in [-0.4, -0.2) is 43.2 Å². The molecule has 1 amide bonds. The zero-order chi connectivity index (χ0) is 32.2. The van der Waals surface area contributed by atoms with Gasteiger partial charge in [0.25, 0.3) is 5.56 Å². The van der Waals surface area contributed by atoms with E-state index in [2.05, 4.69) is 17.2 Å². The number of amides is 1. The minimum absolute atomic E-state index is 0.0402. The van der Waals surface area contributed by atoms with Gasteiger partial charge < -0.3 is 14.6 Å². The SMILES string of the molecule is CCCCCCCCCCCCCC(=O)NCC(CCCCCCCCCn1c(=O)c2c(ncn2C)n(C)c1=O)OC(C)=O. The fourth-order valence-corrected chi connectivity index (χ4v) is 5.82. The molecule has 1 atom stereocenters. The van der Waals surface area contributed by atoms with Crippen LogP contribution in [0.25, 0.3) is 11.2 Å². The van der Waals surface area contributed by atoms with Gasteiger partial charge in [0, 0.05) is 34.0 Å². The van der Waals surface area contributed by atoms with Crippen LogP contribution in [0.1, 0.15) is 142 Å². The van der Waals surface area contributed by atoms with Crippen molar-refractivity contribution in [2.75, 3.05) is 6.54 Å². The number of aromatic nitrogens is 4. The molecular formula is C34H59N5O5. The van der Waals surface area contributed by atoms with Gasteiger partial charge in [-0.1, -0.05) is 103 Å². The number of fused-ring (bicyclic) bond motifs is 1. The molecule has 1 N–H and O–H groups in total. The number of carbonyl (C=O) groups is 2. The molecule has 0 saturated carbocycles. The molecule has 0 spiro atoms. The third-order valence-electron chi connectivity index (χ3n) is 8.48. The third kappa shape index (κ3) is 13.8. The van der Waals surface area contributed by atoms with E-state index in [9.17, 15) is 19.2 Å². The number of aryl methyl sites for hydroxylation is 2. The smallest absolute Gasteiger partial charge is 0.332 e. The lowest BCUT2D eigenvalue weighted by Gasteiger charge is -2.17. The molecule has 2 aromatic heterocycles. The molecule has 2 heterocycles. The number of nitrogens with one attached hydrogen (secondary N) is 1. The van der Waals surface area contributed by atoms with Crippen molar-refractivity contribution in [3.63, 3.8) is 0 Å². The number of rotatable bonds is 25. The molecular weight excluding hydrogens is 558 g/mol. The number of carbonyl (C=O) groups excluding carboxylic acids is 2. The number of hydrogen-bond donors (Lipinski definition) is 1. The first-order chi connectivity index (χ1) is 21.3. The molecule has 2 rings (SSSR count). The highest BCUT2D eigenvalue weighted by Gasteiger charge is 2.15. The first-order valence-electron chi connectivity index (χ1n) is 17.3. The summed E-state index contributed by atoms with van der Waals surface area (Å²) in [7, 11) is 3.41. The summed E-state index contributed by atoms with van der Waals surface area (Å²) in [5, 5.41) is 2.97. The van der Waals surface area contributed by atoms with E-state index in [1.54, 1.807) is 25.0 Å². The Labute approximate surface area is 264 Å². The van der Waals surface area contributed by atoms with Gasteiger partial charge >= 0.3 is 11.7 Å². The number of imidazole rings is 1. The molecule has 0 saturated heterocycles. The number of hydrogen-bond acceptors (Lipinski definition) is 6. The van der Waals surface area contributed by atoms with E-state index in [1.165, 1.54) is 73.8 Å². The molecule has 1 unspecified atom stereocenters. The lowest BCUT2D eigenvalue weighted by atomic mass is 10.0. The first kappa shape index (κ1) is 37.3. The van der Waals surface area contributed by atoms with Gasteiger partial charge in [-0.05, 0) is 25.7 Å². The van der Waals surface area contributed by atoms with Crippen LogP contribution in [0.15, 0.2) is 15.9 Å². The van der Waals surface area contributed by atoms with Gasteiger partial charge in [-0.2, -0.15) is 0 Å². The largest absolute Gasteiger partial charge is 0.461 e. The maximum Gasteiger partial charge on any atom is 0.332 e. The Hall–Kier alpha value is -2.91. The Bertz CT molecular complexity index is 1230. The van der Waals surface area contributed by atoms with Gasteiger partial charge in [0.05, 0.1) is 12.9 Å². The highest BCUT2D eigenvalue weighted by molar-refractivity contribution is 5.75. The summed E-state index contributed by atoms with van der Waals surface area (Å²) in [4.78, 5) is 53.4. The molecule has 0 aliphatic rings. The molecule has 0 bridgehead atoms. The molecule has 2 aromatic rings. The predicted molar refractivity (Wildman–Crippen MR) is 177 cm³/mol. The maximum absolute atomic E-state index is 12.8. The average molecular weight is 618 g/mol. The molecule has 10 heteroatoms. The van der Waals surface area contributed by atoms with Crippen LogP contribution in [0.4, 0.5) is 0 Å². The topological polar surface area (TPSA) is 117 Å². The van der Waals surface area contributed by atoms with Crippen LogP contribution in [0.2, 0.25) is 0 Å². The lowest BCUT2D eigenvalue weighted by Crippen LogP contribution is -2.39. The van der Waals surface area contributed by atoms with E-state index >= 15 is 0 Å². The fourth-order valence-electron chi connectivity index (χ4n) is 5.82. The van der Waals surface area contributed by atoms with Crippen LogP contribution in [0, 0.1) is 0 Å². The van der Waals surface area contributed by atoms with E-state index in [0.29, 0.717) is 30.7 Å². The second-order valence-electron chi connectivity index (χ2n) is 12.4. The maximum atomic E-state index is 12.8. The van der Waals surface area contributed by atoms with Crippen LogP contribution >= 0.6 is 0 Å². The van der Waals surface area contributed by atoms with Gasteiger partial charge in [-0.3, -0.25) is 23.5 Å². The summed E-state index contributed by atoms with van der Waals surface area (Å²) in [6.07, 6.45) is 23.2. The van der Waals surface area contributed by atoms with Gasteiger partial charge in [0.1, 0.15) is 6.10 Å². The second-order valence-corrected chi connectivity index (χ2v) is 12.4. The van der Waals surface area contributed by atoms with E-state index in [0.717, 1.165) is 64.2 Å². The molecule has 0 aliphatic heterocycles. The number of nitrogens with zero attached hydrogens (tertiary/aromatic N) is 4. The van der Waals surface area contributed by atoms with Gasteiger partial charge in [0.2, 0.25) is 5.91 Å². The summed E-state index contributed by atoms with van der Waals surface area (Å²) >= 11 is 0. The normalized spacial score (nSPS) is 12.1. The quantitative estimate of drug-likeness (QED) is 0.103. The van der Waals surface area contributed by atoms with E-state index in [1.807, 2.05) is 0 Å². The van der Waals surface area contributed by atoms with Crippen molar-refractivity contribution in [2.45, 2.75) is 155 Å². The number of ether oxygens (including phenoxy) is 1. The van der Waals surface area contributed by atoms with Crippen LogP contribution < -0.4 is 16.6 Å². The highest BCUT2D eigenvalue weighted by Crippen LogP contribution is 2.14. The van der Waals surface area contributed by atoms with Crippen molar-refractivity contribution in [3.8, 4) is 0 Å². The Balaban J connectivity index is 1.53. The zero-order valence-electron chi connectivity index (χ0n) is 28.0. The standard InChI is InChI=1S/C34H59N5O5/c1-5-6-7-8-9-10-11-12-15-18-21-24-30(41)35-26-29(44-28(2)40)23-20-17-14-13-16-19-22-25-39-33(42)31-32(36-27-37(31)3)38(4)34(39)43/h27,29H,5-26H2,1-4H3,(H,35,41). The Morgan fingerprint density at radius 3 is 1.95 bits per heavy atom. The number of esters is 1. The van der Waals surface area contributed by atoms with Crippen molar-refractivity contribution < 1.29 is 14.3 Å². The third-order valence-corrected chi connectivity index (χ3v) is 8.48. The summed E-state index contributed by atoms with van der Waals surface area (Å²) in [6, 6.07) is 0. The fraction of sp³-hybridized carbons (Fsp3) is 0.794. The monoisotopic (exact) mass is 617 g/mol. The van der Waals surface area contributed by atoms with E-state index in [4.69, 9.17) is 4.74 Å². The minimum atomic E-state index is -0.325. The van der Waals surface area contributed by atoms with Crippen LogP contribution in [0.5, 0.6) is 0 Å². The van der Waals surface area contributed by atoms with E-state index < -0.39 is 0 Å². The minimum Gasteiger partial charge on any atom is -0.461 e. The van der Waals surface area contributed by atoms with Crippen molar-refractivity contribution in [1.82, 2.24) is 24.0 Å². The zero-order valence-corrected chi connectivity index (χ0v) is 28.0. The summed E-state index contributed by atoms with van der Waals surface area (Å²) in [5.41, 5.74) is 0.254. The molecule has 0 radical (unpaired) electrons. The number of unbranched alkanes of at least 4 members (excludes halogenated alkanes) is 16. The Morgan fingerprint density at radius 1 is 0.818 bits per heavy atom. The summed E-state index contributed by atoms with van der Waals surface area (Å²) in [5.74, 6) is -0.274. The molecule has 44 heavy (non-hydrogen) atoms. The van der Waals surface area contributed by atoms with Gasteiger partial charge in [0.15, 0.2) is 11.2 Å². The molecule has 250 valence electrons. The van der Waals surface area contributed by atoms with Crippen molar-refractivity contribution in [2.24, 2.45) is 14.1 Å². The highest BCUT2D eigenvalue weighted by atomic mass is 16.5. The second kappa shape index (κ2) is 21.7. The average Bonchev–Trinajstić information content (AvgIpc) is 3.39. The summed E-state index contributed by atoms with van der Waals surface area (Å²) in [6.45, 7) is 4.44. The van der Waals surface area contributed by atoms with Crippen LogP contribution in [0.3, 0.4) is 0 Å². The Morgan fingerprint density at radius 2 is 1.36 bits per heavy atom. The van der Waals surface area contributed by atoms with Crippen molar-refractivity contribution in [3.05, 3.63) is 27.2 Å². The lowest BCUT2D eigenvalue weighted by molar-refractivity contribution is -0.147. The van der Waals surface area contributed by atoms with Gasteiger partial charge in [-0.15, -0.1) is 0 Å². The van der Waals surface area contributed by atoms with E-state index in [-0.39, 0.29) is 29.2 Å². The molecule has 0 fully saturated rings. The van der Waals surface area contributed by atoms with Gasteiger partial charge in [-0.25, -0.2) is 9.78 Å². The van der Waals surface area contributed by atoms with Crippen molar-refractivity contribution in [1.29, 1.82) is 0 Å². The summed E-state index contributed by atoms with van der Waals surface area (Å²) < 4.78 is 9.87. The molecule has 0 aromatic carbocycles.